The summed E-state index contributed by atoms with van der Waals surface area (Å²) in [6.45, 7) is 7.22. The highest BCUT2D eigenvalue weighted by Gasteiger charge is 2.39. The Kier molecular flexibility index (Phi) is 4.55. The van der Waals surface area contributed by atoms with Crippen LogP contribution >= 0.6 is 0 Å². The van der Waals surface area contributed by atoms with Crippen LogP contribution in [0, 0.1) is 27.7 Å². The van der Waals surface area contributed by atoms with E-state index in [1.165, 1.54) is 21.5 Å². The molecule has 0 N–H and O–H groups in total. The highest BCUT2D eigenvalue weighted by atomic mass is 19.4. The van der Waals surface area contributed by atoms with E-state index in [0.717, 1.165) is 16.0 Å². The quantitative estimate of drug-likeness (QED) is 0.412. The van der Waals surface area contributed by atoms with Gasteiger partial charge in [0.15, 0.2) is 0 Å². The Hall–Kier alpha value is -4.09. The molecular formula is C21H18F3N9. The maximum Gasteiger partial charge on any atom is 0.450 e. The summed E-state index contributed by atoms with van der Waals surface area (Å²) in [5.74, 6) is -1.23. The van der Waals surface area contributed by atoms with Gasteiger partial charge in [-0.15, -0.1) is 0 Å². The number of nitrogens with zero attached hydrogens (tertiary/aromatic N) is 9. The van der Waals surface area contributed by atoms with Crippen molar-refractivity contribution in [3.63, 3.8) is 0 Å². The van der Waals surface area contributed by atoms with E-state index in [0.29, 0.717) is 11.4 Å². The van der Waals surface area contributed by atoms with Gasteiger partial charge in [-0.05, 0) is 52.0 Å². The van der Waals surface area contributed by atoms with Gasteiger partial charge in [0.1, 0.15) is 0 Å². The van der Waals surface area contributed by atoms with Gasteiger partial charge in [0.05, 0.1) is 22.4 Å². The van der Waals surface area contributed by atoms with Crippen molar-refractivity contribution in [2.24, 2.45) is 0 Å². The number of hydrogen-bond donors (Lipinski definition) is 0. The minimum atomic E-state index is -4.73. The second-order valence-corrected chi connectivity index (χ2v) is 7.67. The van der Waals surface area contributed by atoms with Crippen molar-refractivity contribution in [1.82, 2.24) is 44.1 Å². The fourth-order valence-corrected chi connectivity index (χ4v) is 3.71. The largest absolute Gasteiger partial charge is 0.450 e. The second kappa shape index (κ2) is 7.22. The van der Waals surface area contributed by atoms with Crippen LogP contribution in [0.5, 0.6) is 0 Å². The molecule has 0 saturated heterocycles. The van der Waals surface area contributed by atoms with Gasteiger partial charge in [-0.3, -0.25) is 4.57 Å². The molecule has 0 atom stereocenters. The van der Waals surface area contributed by atoms with Crippen LogP contribution in [-0.2, 0) is 6.18 Å². The zero-order valence-corrected chi connectivity index (χ0v) is 18.1. The molecule has 0 amide bonds. The Bertz CT molecular complexity index is 1440. The van der Waals surface area contributed by atoms with Crippen molar-refractivity contribution in [1.29, 1.82) is 0 Å². The normalized spacial score (nSPS) is 12.1. The van der Waals surface area contributed by atoms with Gasteiger partial charge in [-0.25, -0.2) is 14.3 Å². The second-order valence-electron chi connectivity index (χ2n) is 7.67. The Balaban J connectivity index is 1.85. The predicted molar refractivity (Wildman–Crippen MR) is 113 cm³/mol. The molecule has 168 valence electrons. The van der Waals surface area contributed by atoms with Crippen LogP contribution in [0.3, 0.4) is 0 Å². The molecule has 0 aliphatic heterocycles. The van der Waals surface area contributed by atoms with Crippen LogP contribution in [0.15, 0.2) is 36.4 Å². The molecule has 4 aromatic heterocycles. The average molecular weight is 453 g/mol. The van der Waals surface area contributed by atoms with E-state index in [-0.39, 0.29) is 28.9 Å². The first-order valence-electron chi connectivity index (χ1n) is 10.0. The molecule has 0 spiro atoms. The molecule has 33 heavy (non-hydrogen) atoms. The van der Waals surface area contributed by atoms with Crippen molar-refractivity contribution >= 4 is 11.0 Å². The molecule has 12 heteroatoms. The summed E-state index contributed by atoms with van der Waals surface area (Å²) in [6.07, 6.45) is -4.73. The molecule has 0 unspecified atom stereocenters. The van der Waals surface area contributed by atoms with Crippen molar-refractivity contribution in [2.45, 2.75) is 33.9 Å². The lowest BCUT2D eigenvalue weighted by Crippen LogP contribution is -2.19. The summed E-state index contributed by atoms with van der Waals surface area (Å²) in [5, 5.41) is 8.77. The summed E-state index contributed by atoms with van der Waals surface area (Å²) in [7, 11) is 0. The number of fused-ring (bicyclic) bond motifs is 1. The summed E-state index contributed by atoms with van der Waals surface area (Å²) in [4.78, 5) is 17.0. The lowest BCUT2D eigenvalue weighted by atomic mass is 10.3. The summed E-state index contributed by atoms with van der Waals surface area (Å²) in [5.41, 5.74) is 3.25. The summed E-state index contributed by atoms with van der Waals surface area (Å²) < 4.78 is 45.7. The van der Waals surface area contributed by atoms with Gasteiger partial charge in [0, 0.05) is 11.4 Å². The number of alkyl halides is 3. The maximum absolute atomic E-state index is 14.0. The molecule has 9 nitrogen and oxygen atoms in total. The van der Waals surface area contributed by atoms with Crippen molar-refractivity contribution < 1.29 is 13.2 Å². The van der Waals surface area contributed by atoms with Crippen molar-refractivity contribution in [2.75, 3.05) is 0 Å². The standard InChI is InChI=1S/C21H18F3N9/c1-11-9-13(3)32(29-11)19-26-18(27-20(28-19)33-14(4)10-12(2)30-33)31-16-8-6-5-7-15(16)25-17(31)21(22,23)24/h5-10H,1-4H3. The van der Waals surface area contributed by atoms with E-state index in [2.05, 4.69) is 30.1 Å². The molecule has 0 fully saturated rings. The maximum atomic E-state index is 14.0. The third-order valence-electron chi connectivity index (χ3n) is 5.01. The van der Waals surface area contributed by atoms with Crippen LogP contribution in [0.2, 0.25) is 0 Å². The highest BCUT2D eigenvalue weighted by Crippen LogP contribution is 2.33. The van der Waals surface area contributed by atoms with Gasteiger partial charge >= 0.3 is 6.18 Å². The minimum Gasteiger partial charge on any atom is -0.256 e. The number of rotatable bonds is 3. The number of imidazole rings is 1. The number of aryl methyl sites for hydroxylation is 4. The Morgan fingerprint density at radius 2 is 1.21 bits per heavy atom. The number of hydrogen-bond acceptors (Lipinski definition) is 6. The fraction of sp³-hybridized carbons (Fsp3) is 0.238. The number of halogens is 3. The molecule has 4 heterocycles. The Labute approximate surface area is 185 Å². The molecule has 1 aromatic carbocycles. The summed E-state index contributed by atoms with van der Waals surface area (Å²) in [6, 6.07) is 9.93. The van der Waals surface area contributed by atoms with E-state index in [1.807, 2.05) is 12.1 Å². The first kappa shape index (κ1) is 20.8. The van der Waals surface area contributed by atoms with Crippen LogP contribution in [0.4, 0.5) is 13.2 Å². The monoisotopic (exact) mass is 453 g/mol. The van der Waals surface area contributed by atoms with E-state index >= 15 is 0 Å². The first-order valence-corrected chi connectivity index (χ1v) is 10.0. The van der Waals surface area contributed by atoms with E-state index < -0.39 is 12.0 Å². The molecule has 5 aromatic rings. The fourth-order valence-electron chi connectivity index (χ4n) is 3.71. The molecule has 0 aliphatic rings. The molecular weight excluding hydrogens is 435 g/mol. The van der Waals surface area contributed by atoms with Gasteiger partial charge < -0.3 is 0 Å². The average Bonchev–Trinajstić information content (AvgIpc) is 3.41. The molecule has 5 rings (SSSR count). The predicted octanol–water partition coefficient (Wildman–Crippen LogP) is 3.83. The third-order valence-corrected chi connectivity index (χ3v) is 5.01. The molecule has 0 saturated carbocycles. The third kappa shape index (κ3) is 3.52. The van der Waals surface area contributed by atoms with Gasteiger partial charge in [0.2, 0.25) is 11.8 Å². The first-order chi connectivity index (χ1) is 15.6. The number of para-hydroxylation sites is 2. The summed E-state index contributed by atoms with van der Waals surface area (Å²) >= 11 is 0. The molecule has 0 bridgehead atoms. The zero-order valence-electron chi connectivity index (χ0n) is 18.1. The van der Waals surface area contributed by atoms with Gasteiger partial charge in [0.25, 0.3) is 11.9 Å². The van der Waals surface area contributed by atoms with Crippen LogP contribution in [0.25, 0.3) is 28.9 Å². The zero-order chi connectivity index (χ0) is 23.5. The van der Waals surface area contributed by atoms with Crippen molar-refractivity contribution in [3.05, 3.63) is 65.0 Å². The number of benzene rings is 1. The lowest BCUT2D eigenvalue weighted by molar-refractivity contribution is -0.145. The van der Waals surface area contributed by atoms with Gasteiger partial charge in [-0.2, -0.15) is 38.3 Å². The van der Waals surface area contributed by atoms with Crippen LogP contribution < -0.4 is 0 Å². The lowest BCUT2D eigenvalue weighted by Gasteiger charge is -2.13. The smallest absolute Gasteiger partial charge is 0.256 e. The Morgan fingerprint density at radius 3 is 1.70 bits per heavy atom. The molecule has 0 radical (unpaired) electrons. The van der Waals surface area contributed by atoms with E-state index in [1.54, 1.807) is 39.8 Å². The van der Waals surface area contributed by atoms with E-state index in [9.17, 15) is 13.2 Å². The Morgan fingerprint density at radius 1 is 0.697 bits per heavy atom. The SMILES string of the molecule is Cc1cc(C)n(-c2nc(-n3nc(C)cc3C)nc(-n3c(C(F)(F)F)nc4ccccc43)n2)n1. The topological polar surface area (TPSA) is 92.1 Å². The van der Waals surface area contributed by atoms with Crippen LogP contribution in [0.1, 0.15) is 28.6 Å². The minimum absolute atomic E-state index is 0.0686. The molecule has 0 aliphatic carbocycles. The van der Waals surface area contributed by atoms with E-state index in [4.69, 9.17) is 0 Å². The number of aromatic nitrogens is 9. The van der Waals surface area contributed by atoms with Gasteiger partial charge in [-0.1, -0.05) is 12.1 Å². The van der Waals surface area contributed by atoms with Crippen molar-refractivity contribution in [3.8, 4) is 17.8 Å². The van der Waals surface area contributed by atoms with Crippen LogP contribution in [-0.4, -0.2) is 44.1 Å². The highest BCUT2D eigenvalue weighted by molar-refractivity contribution is 5.77.